The maximum atomic E-state index is 12.0. The van der Waals surface area contributed by atoms with Crippen LogP contribution >= 0.6 is 0 Å². The van der Waals surface area contributed by atoms with Crippen molar-refractivity contribution in [3.8, 4) is 0 Å². The summed E-state index contributed by atoms with van der Waals surface area (Å²) in [5.74, 6) is -2.25. The normalized spacial score (nSPS) is 12.8. The number of hydrogen-bond donors (Lipinski definition) is 1. The maximum Gasteiger partial charge on any atom is 0.521 e. The zero-order chi connectivity index (χ0) is 108. The van der Waals surface area contributed by atoms with Crippen molar-refractivity contribution in [2.75, 3.05) is 72.6 Å². The number of unbranched alkanes of at least 4 members (excludes halogenated alkanes) is 2. The van der Waals surface area contributed by atoms with Crippen LogP contribution in [0.25, 0.3) is 0 Å². The summed E-state index contributed by atoms with van der Waals surface area (Å²) in [5.41, 5.74) is 6.16. The summed E-state index contributed by atoms with van der Waals surface area (Å²) in [7, 11) is -37.1. The second-order valence-corrected chi connectivity index (χ2v) is 108. The van der Waals surface area contributed by atoms with Gasteiger partial charge in [-0.15, -0.1) is 0 Å². The molecule has 0 unspecified atom stereocenters. The first-order valence-corrected chi connectivity index (χ1v) is 94.1. The van der Waals surface area contributed by atoms with Crippen LogP contribution in [0, 0.1) is 0 Å². The van der Waals surface area contributed by atoms with E-state index < -0.39 is 147 Å². The first kappa shape index (κ1) is 142. The second kappa shape index (κ2) is 66.8. The van der Waals surface area contributed by atoms with Crippen LogP contribution in [-0.4, -0.2) is 250 Å². The molecule has 0 radical (unpaired) electrons. The zero-order valence-corrected chi connectivity index (χ0v) is 110. The Bertz CT molecular complexity index is 3450. The van der Waals surface area contributed by atoms with Crippen molar-refractivity contribution in [1.29, 1.82) is 0 Å². The van der Waals surface area contributed by atoms with E-state index in [0.717, 1.165) is 75.2 Å². The molecule has 1 amide bonds. The summed E-state index contributed by atoms with van der Waals surface area (Å²) in [4.78, 5) is 81.2. The molecule has 800 valence electrons. The first-order valence-electron chi connectivity index (χ1n) is 48.4. The SMILES string of the molecule is C=C(C)C(=O)NCCC[Si](O[Si](C)(C)C)(O[Si](C)(C)C)O[Si](C)(C)C.C=C(C)C(=O)OCCCC[Si](C)(C)O[Si](C)(C)CCCCOC(=O)C(=C)C.C=C(C)C(=O)OCCC[Si](C)(C)O[Si](C)(C)CCCOC(=O)C(=C)C.C=C(C)C(=O)OCCC[Si](O[Si](C)(C)C)(O[Si](C)(C)C)O[Si](CCCOC(=O)C(=C)C)(O[Si](C)(C)C)O[Si](C)(C)C.C=C[Si](OCC)(OCC)O[Si](C=C)(OCC)OCC. The molecule has 0 atom stereocenters. The average molecular weight is 2210 g/mol. The standard InChI is InChI=1S/C26H58O9Si6.C20H38O5Si2.C18H34O5Si2.C16H39NO4Si4.C12H26O5Si2/c1-23(2)25(27)29-19-17-21-40(31-36(5,6)7,32-37(8,9)10)35-41(33-38(11,12)13,34-39(14,15)16)22-18-20-30-26(28)24(3)4;1-17(2)19(21)23-13-9-11-15-26(5,6)25-27(7,8)16-12-10-14-24-20(22)18(3)4;1-15(2)17(19)21-11-9-13-24(5,6)23-25(7,8)14-10-12-22-18(20)16(3)4;1-15(2)16(18)17-13-12-14-25(19-22(3,4)5,20-23(6,7)8)21-24(9,10)11;1-7-13-18(11-5,14-8-2)17-19(12-6,15-9-3)16-10-4/h1,3,17-22H2,2,4-16H3;1,3,9-16H2,2,4-8H3;1,3,9-14H2,2,4-8H3;1,12-14H2,2-11H3,(H,17,18);11-12H,5-10H2,1-4H3. The third kappa shape index (κ3) is 77.9. The summed E-state index contributed by atoms with van der Waals surface area (Å²) in [6.45, 7) is 119. The van der Waals surface area contributed by atoms with Gasteiger partial charge < -0.3 is 96.7 Å². The lowest BCUT2D eigenvalue weighted by Crippen LogP contribution is -2.67. The molecule has 45 heteroatoms. The average Bonchev–Trinajstić information content (AvgIpc) is 0.774. The van der Waals surface area contributed by atoms with E-state index in [9.17, 15) is 33.6 Å². The number of carbonyl (C=O) groups is 7. The Morgan fingerprint density at radius 1 is 0.234 bits per heavy atom. The highest BCUT2D eigenvalue weighted by Gasteiger charge is 2.59. The van der Waals surface area contributed by atoms with Crippen LogP contribution in [0.2, 0.25) is 232 Å². The Morgan fingerprint density at radius 2 is 0.416 bits per heavy atom. The zero-order valence-electron chi connectivity index (χ0n) is 93.5. The minimum absolute atomic E-state index is 0.101. The Labute approximate surface area is 849 Å². The topological polar surface area (TPSA) is 325 Å². The molecule has 0 aliphatic carbocycles. The van der Waals surface area contributed by atoms with E-state index in [1.807, 2.05) is 27.7 Å². The van der Waals surface area contributed by atoms with Gasteiger partial charge in [0.25, 0.3) is 0 Å². The fourth-order valence-electron chi connectivity index (χ4n) is 12.6. The van der Waals surface area contributed by atoms with Gasteiger partial charge in [-0.2, -0.15) is 0 Å². The highest BCUT2D eigenvalue weighted by atomic mass is 28.5. The van der Waals surface area contributed by atoms with Crippen molar-refractivity contribution in [3.63, 3.8) is 0 Å². The third-order valence-corrected chi connectivity index (χ3v) is 69.4. The van der Waals surface area contributed by atoms with Gasteiger partial charge >= 0.3 is 79.8 Å². The van der Waals surface area contributed by atoms with Gasteiger partial charge in [-0.3, -0.25) is 4.79 Å². The van der Waals surface area contributed by atoms with Crippen LogP contribution in [0.3, 0.4) is 0 Å². The van der Waals surface area contributed by atoms with Gasteiger partial charge in [0.05, 0.1) is 39.6 Å². The van der Waals surface area contributed by atoms with Crippen LogP contribution in [0.15, 0.2) is 110 Å². The molecule has 0 fully saturated rings. The molecular formula is C92H195NO28Si16. The van der Waals surface area contributed by atoms with Crippen molar-refractivity contribution < 1.29 is 125 Å². The van der Waals surface area contributed by atoms with Crippen molar-refractivity contribution in [2.24, 2.45) is 0 Å². The van der Waals surface area contributed by atoms with Gasteiger partial charge in [-0.25, -0.2) is 28.8 Å². The molecule has 0 saturated carbocycles. The third-order valence-electron chi connectivity index (χ3n) is 17.1. The number of carbonyl (C=O) groups excluding carboxylic acids is 7. The number of hydrogen-bond acceptors (Lipinski definition) is 28. The second-order valence-electron chi connectivity index (χ2n) is 43.3. The van der Waals surface area contributed by atoms with Crippen LogP contribution in [0.5, 0.6) is 0 Å². The van der Waals surface area contributed by atoms with E-state index >= 15 is 0 Å². The van der Waals surface area contributed by atoms with Gasteiger partial charge in [-0.1, -0.05) is 72.1 Å². The van der Waals surface area contributed by atoms with Gasteiger partial charge in [0.2, 0.25) is 5.91 Å². The fraction of sp³-hybridized carbons (Fsp3) is 0.728. The first-order chi connectivity index (χ1) is 61.9. The number of rotatable bonds is 69. The molecule has 29 nitrogen and oxygen atoms in total. The number of esters is 6. The summed E-state index contributed by atoms with van der Waals surface area (Å²) in [6, 6.07) is 5.65. The summed E-state index contributed by atoms with van der Waals surface area (Å²) >= 11 is 0. The largest absolute Gasteiger partial charge is 0.521 e. The van der Waals surface area contributed by atoms with Crippen molar-refractivity contribution >= 4 is 177 Å². The highest BCUT2D eigenvalue weighted by Crippen LogP contribution is 2.38. The smallest absolute Gasteiger partial charge is 0.462 e. The Hall–Kier alpha value is -3.18. The molecular weight excluding hydrogens is 2020 g/mol. The van der Waals surface area contributed by atoms with Crippen molar-refractivity contribution in [2.45, 2.75) is 366 Å². The predicted octanol–water partition coefficient (Wildman–Crippen LogP) is 24.0. The van der Waals surface area contributed by atoms with Crippen LogP contribution in [0.4, 0.5) is 0 Å². The summed E-state index contributed by atoms with van der Waals surface area (Å²) in [5, 5.41) is 2.89. The lowest BCUT2D eigenvalue weighted by molar-refractivity contribution is -0.139. The molecule has 0 rings (SSSR count). The Balaban J connectivity index is -0.000000543. The molecule has 0 aliphatic heterocycles. The molecule has 0 aromatic rings. The Morgan fingerprint density at radius 3 is 0.599 bits per heavy atom. The predicted molar refractivity (Wildman–Crippen MR) is 599 cm³/mol. The lowest BCUT2D eigenvalue weighted by atomic mass is 10.3. The summed E-state index contributed by atoms with van der Waals surface area (Å²) < 4.78 is 128. The minimum atomic E-state index is -3.46. The minimum Gasteiger partial charge on any atom is -0.462 e. The molecule has 0 aromatic heterocycles. The van der Waals surface area contributed by atoms with Gasteiger partial charge in [-0.05, 0) is 347 Å². The Kier molecular flexibility index (Phi) is 69.4. The highest BCUT2D eigenvalue weighted by molar-refractivity contribution is 6.94. The summed E-state index contributed by atoms with van der Waals surface area (Å²) in [6.07, 6.45) is 7.11. The molecule has 0 saturated heterocycles. The maximum absolute atomic E-state index is 12.0. The van der Waals surface area contributed by atoms with Gasteiger partial charge in [0, 0.05) is 90.1 Å². The lowest BCUT2D eigenvalue weighted by Gasteiger charge is -2.47. The monoisotopic (exact) mass is 2210 g/mol. The number of amides is 1. The number of nitrogens with one attached hydrogen (secondary N) is 1. The fourth-order valence-corrected chi connectivity index (χ4v) is 74.2. The van der Waals surface area contributed by atoms with Crippen LogP contribution in [0.1, 0.15) is 134 Å². The van der Waals surface area contributed by atoms with E-state index in [-0.39, 0.29) is 43.0 Å². The molecule has 1 N–H and O–H groups in total. The van der Waals surface area contributed by atoms with Crippen molar-refractivity contribution in [3.05, 3.63) is 110 Å². The van der Waals surface area contributed by atoms with E-state index in [4.69, 9.17) is 91.4 Å². The molecule has 0 aliphatic rings. The van der Waals surface area contributed by atoms with E-state index in [0.29, 0.717) is 123 Å². The molecule has 0 heterocycles. The quantitative estimate of drug-likeness (QED) is 0.0194. The van der Waals surface area contributed by atoms with E-state index in [1.54, 1.807) is 59.9 Å². The van der Waals surface area contributed by atoms with Crippen LogP contribution < -0.4 is 5.32 Å². The van der Waals surface area contributed by atoms with E-state index in [1.165, 1.54) is 0 Å². The molecule has 0 bridgehead atoms. The van der Waals surface area contributed by atoms with Gasteiger partial charge in [0.1, 0.15) is 0 Å². The van der Waals surface area contributed by atoms with E-state index in [2.05, 4.69) is 254 Å². The number of ether oxygens (including phenoxy) is 6. The van der Waals surface area contributed by atoms with Gasteiger partial charge in [0.15, 0.2) is 91.5 Å². The molecule has 137 heavy (non-hydrogen) atoms. The molecule has 0 aromatic carbocycles. The van der Waals surface area contributed by atoms with Crippen molar-refractivity contribution in [1.82, 2.24) is 5.32 Å². The van der Waals surface area contributed by atoms with Crippen LogP contribution in [-0.2, 0) is 125 Å². The molecule has 0 spiro atoms.